The van der Waals surface area contributed by atoms with Crippen LogP contribution in [0.2, 0.25) is 0 Å². The number of aromatic amines is 1. The van der Waals surface area contributed by atoms with Crippen LogP contribution in [0.15, 0.2) is 54.6 Å². The van der Waals surface area contributed by atoms with E-state index in [0.717, 1.165) is 10.9 Å². The number of methoxy groups -OCH3 is 1. The number of ether oxygens (including phenoxy) is 2. The normalized spacial score (nSPS) is 11.8. The van der Waals surface area contributed by atoms with Gasteiger partial charge in [0.25, 0.3) is 5.91 Å². The first-order valence-corrected chi connectivity index (χ1v) is 7.80. The zero-order chi connectivity index (χ0) is 17.8. The van der Waals surface area contributed by atoms with Gasteiger partial charge in [-0.25, -0.2) is 4.79 Å². The molecule has 6 heteroatoms. The summed E-state index contributed by atoms with van der Waals surface area (Å²) in [4.78, 5) is 27.4. The minimum Gasteiger partial charge on any atom is -0.497 e. The third-order valence-corrected chi connectivity index (χ3v) is 3.74. The van der Waals surface area contributed by atoms with Crippen molar-refractivity contribution in [2.45, 2.75) is 13.0 Å². The topological polar surface area (TPSA) is 80.4 Å². The molecule has 0 spiro atoms. The second-order valence-electron chi connectivity index (χ2n) is 5.54. The van der Waals surface area contributed by atoms with Crippen LogP contribution in [0.3, 0.4) is 0 Å². The van der Waals surface area contributed by atoms with Gasteiger partial charge in [0.15, 0.2) is 6.10 Å². The van der Waals surface area contributed by atoms with Crippen LogP contribution in [0.4, 0.5) is 5.69 Å². The Morgan fingerprint density at radius 1 is 1.08 bits per heavy atom. The minimum atomic E-state index is -0.940. The monoisotopic (exact) mass is 338 g/mol. The lowest BCUT2D eigenvalue weighted by Gasteiger charge is -2.13. The highest BCUT2D eigenvalue weighted by Crippen LogP contribution is 2.18. The van der Waals surface area contributed by atoms with Crippen molar-refractivity contribution in [2.75, 3.05) is 12.4 Å². The van der Waals surface area contributed by atoms with Crippen LogP contribution < -0.4 is 10.1 Å². The summed E-state index contributed by atoms with van der Waals surface area (Å²) in [7, 11) is 1.55. The van der Waals surface area contributed by atoms with Crippen LogP contribution in [0.1, 0.15) is 17.4 Å². The first-order chi connectivity index (χ1) is 12.1. The zero-order valence-electron chi connectivity index (χ0n) is 13.9. The number of fused-ring (bicyclic) bond motifs is 1. The molecule has 0 unspecified atom stereocenters. The number of nitrogens with one attached hydrogen (secondary N) is 2. The van der Waals surface area contributed by atoms with Crippen LogP contribution in [-0.2, 0) is 9.53 Å². The SMILES string of the molecule is COc1cccc(NC(=O)[C@@H](C)OC(=O)c2cc3ccccc3[nH]2)c1. The van der Waals surface area contributed by atoms with Gasteiger partial charge in [-0.05, 0) is 31.2 Å². The number of rotatable bonds is 5. The standard InChI is InChI=1S/C19H18N2O4/c1-12(18(22)20-14-7-5-8-15(11-14)24-2)25-19(23)17-10-13-6-3-4-9-16(13)21-17/h3-12,21H,1-2H3,(H,20,22)/t12-/m1/s1. The molecule has 6 nitrogen and oxygen atoms in total. The molecule has 128 valence electrons. The molecule has 2 N–H and O–H groups in total. The Morgan fingerprint density at radius 3 is 2.64 bits per heavy atom. The molecular formula is C19H18N2O4. The number of carbonyl (C=O) groups excluding carboxylic acids is 2. The molecular weight excluding hydrogens is 320 g/mol. The molecule has 0 aliphatic rings. The predicted octanol–water partition coefficient (Wildman–Crippen LogP) is 3.36. The smallest absolute Gasteiger partial charge is 0.355 e. The van der Waals surface area contributed by atoms with Gasteiger partial charge < -0.3 is 19.8 Å². The molecule has 1 heterocycles. The molecule has 1 atom stereocenters. The quantitative estimate of drug-likeness (QED) is 0.699. The number of amides is 1. The van der Waals surface area contributed by atoms with Gasteiger partial charge in [-0.15, -0.1) is 0 Å². The van der Waals surface area contributed by atoms with Crippen molar-refractivity contribution in [1.82, 2.24) is 4.98 Å². The molecule has 0 saturated carbocycles. The molecule has 0 aliphatic carbocycles. The van der Waals surface area contributed by atoms with Crippen molar-refractivity contribution in [3.8, 4) is 5.75 Å². The summed E-state index contributed by atoms with van der Waals surface area (Å²) < 4.78 is 10.4. The molecule has 0 radical (unpaired) electrons. The predicted molar refractivity (Wildman–Crippen MR) is 94.8 cm³/mol. The third kappa shape index (κ3) is 3.80. The van der Waals surface area contributed by atoms with Gasteiger partial charge in [-0.2, -0.15) is 0 Å². The number of hydrogen-bond donors (Lipinski definition) is 2. The maximum absolute atomic E-state index is 12.2. The van der Waals surface area contributed by atoms with Crippen molar-refractivity contribution in [3.63, 3.8) is 0 Å². The molecule has 0 saturated heterocycles. The average Bonchev–Trinajstić information content (AvgIpc) is 3.06. The van der Waals surface area contributed by atoms with Crippen molar-refractivity contribution in [1.29, 1.82) is 0 Å². The highest BCUT2D eigenvalue weighted by molar-refractivity contribution is 5.98. The first-order valence-electron chi connectivity index (χ1n) is 7.80. The molecule has 0 aliphatic heterocycles. The van der Waals surface area contributed by atoms with E-state index in [2.05, 4.69) is 10.3 Å². The number of carbonyl (C=O) groups is 2. The number of H-pyrrole nitrogens is 1. The summed E-state index contributed by atoms with van der Waals surface area (Å²) in [6, 6.07) is 16.2. The largest absolute Gasteiger partial charge is 0.497 e. The van der Waals surface area contributed by atoms with Crippen LogP contribution in [-0.4, -0.2) is 30.1 Å². The maximum atomic E-state index is 12.2. The lowest BCUT2D eigenvalue weighted by molar-refractivity contribution is -0.123. The van der Waals surface area contributed by atoms with E-state index in [0.29, 0.717) is 17.1 Å². The summed E-state index contributed by atoms with van der Waals surface area (Å²) in [6.45, 7) is 1.52. The summed E-state index contributed by atoms with van der Waals surface area (Å²) in [5.41, 5.74) is 1.71. The molecule has 0 fully saturated rings. The van der Waals surface area contributed by atoms with E-state index < -0.39 is 18.0 Å². The Hall–Kier alpha value is -3.28. The average molecular weight is 338 g/mol. The highest BCUT2D eigenvalue weighted by atomic mass is 16.5. The van der Waals surface area contributed by atoms with E-state index in [9.17, 15) is 9.59 Å². The second-order valence-corrected chi connectivity index (χ2v) is 5.54. The zero-order valence-corrected chi connectivity index (χ0v) is 13.9. The van der Waals surface area contributed by atoms with Crippen molar-refractivity contribution >= 4 is 28.5 Å². The van der Waals surface area contributed by atoms with Crippen molar-refractivity contribution in [2.24, 2.45) is 0 Å². The Balaban J connectivity index is 1.65. The minimum absolute atomic E-state index is 0.308. The lowest BCUT2D eigenvalue weighted by Crippen LogP contribution is -2.30. The van der Waals surface area contributed by atoms with Crippen molar-refractivity contribution < 1.29 is 19.1 Å². The summed E-state index contributed by atoms with van der Waals surface area (Å²) in [5, 5.41) is 3.60. The van der Waals surface area contributed by atoms with Crippen LogP contribution in [0.5, 0.6) is 5.75 Å². The van der Waals surface area contributed by atoms with E-state index in [4.69, 9.17) is 9.47 Å². The number of aromatic nitrogens is 1. The summed E-state index contributed by atoms with van der Waals surface area (Å²) in [6.07, 6.45) is -0.940. The number of hydrogen-bond acceptors (Lipinski definition) is 4. The molecule has 3 rings (SSSR count). The number of anilines is 1. The Labute approximate surface area is 144 Å². The van der Waals surface area contributed by atoms with Gasteiger partial charge in [0.1, 0.15) is 11.4 Å². The maximum Gasteiger partial charge on any atom is 0.355 e. The fraction of sp³-hybridized carbons (Fsp3) is 0.158. The van der Waals surface area contributed by atoms with E-state index in [1.165, 1.54) is 6.92 Å². The first kappa shape index (κ1) is 16.6. The Morgan fingerprint density at radius 2 is 1.88 bits per heavy atom. The van der Waals surface area contributed by atoms with E-state index in [-0.39, 0.29) is 0 Å². The summed E-state index contributed by atoms with van der Waals surface area (Å²) >= 11 is 0. The van der Waals surface area contributed by atoms with Gasteiger partial charge >= 0.3 is 5.97 Å². The molecule has 1 aromatic heterocycles. The van der Waals surface area contributed by atoms with E-state index >= 15 is 0 Å². The molecule has 1 amide bonds. The molecule has 0 bridgehead atoms. The van der Waals surface area contributed by atoms with Crippen LogP contribution in [0.25, 0.3) is 10.9 Å². The van der Waals surface area contributed by atoms with Crippen LogP contribution >= 0.6 is 0 Å². The van der Waals surface area contributed by atoms with Gasteiger partial charge in [-0.3, -0.25) is 4.79 Å². The number of para-hydroxylation sites is 1. The van der Waals surface area contributed by atoms with Crippen molar-refractivity contribution in [3.05, 3.63) is 60.3 Å². The fourth-order valence-electron chi connectivity index (χ4n) is 2.41. The Bertz CT molecular complexity index is 883. The second kappa shape index (κ2) is 7.09. The molecule has 3 aromatic rings. The fourth-order valence-corrected chi connectivity index (χ4v) is 2.41. The van der Waals surface area contributed by atoms with Gasteiger partial charge in [0.05, 0.1) is 7.11 Å². The third-order valence-electron chi connectivity index (χ3n) is 3.74. The molecule has 2 aromatic carbocycles. The van der Waals surface area contributed by atoms with E-state index in [1.807, 2.05) is 24.3 Å². The summed E-state index contributed by atoms with van der Waals surface area (Å²) in [5.74, 6) is -0.372. The highest BCUT2D eigenvalue weighted by Gasteiger charge is 2.20. The van der Waals surface area contributed by atoms with Gasteiger partial charge in [-0.1, -0.05) is 24.3 Å². The van der Waals surface area contributed by atoms with E-state index in [1.54, 1.807) is 37.4 Å². The number of benzene rings is 2. The lowest BCUT2D eigenvalue weighted by atomic mass is 10.2. The number of esters is 1. The van der Waals surface area contributed by atoms with Crippen LogP contribution in [0, 0.1) is 0 Å². The Kier molecular flexibility index (Phi) is 4.70. The van der Waals surface area contributed by atoms with Gasteiger partial charge in [0.2, 0.25) is 0 Å². The van der Waals surface area contributed by atoms with Gasteiger partial charge in [0, 0.05) is 22.7 Å². The molecule has 25 heavy (non-hydrogen) atoms.